The summed E-state index contributed by atoms with van der Waals surface area (Å²) in [5.41, 5.74) is 3.56. The number of benzene rings is 1. The van der Waals surface area contributed by atoms with Gasteiger partial charge in [-0.1, -0.05) is 30.3 Å². The van der Waals surface area contributed by atoms with E-state index in [4.69, 9.17) is 0 Å². The number of aryl methyl sites for hydroxylation is 3. The van der Waals surface area contributed by atoms with Gasteiger partial charge in [-0.3, -0.25) is 9.59 Å². The molecule has 0 saturated heterocycles. The van der Waals surface area contributed by atoms with Crippen molar-refractivity contribution in [3.8, 4) is 5.95 Å². The van der Waals surface area contributed by atoms with Gasteiger partial charge >= 0.3 is 0 Å². The van der Waals surface area contributed by atoms with Crippen LogP contribution in [0.25, 0.3) is 5.95 Å². The van der Waals surface area contributed by atoms with Crippen molar-refractivity contribution in [3.63, 3.8) is 0 Å². The van der Waals surface area contributed by atoms with Crippen molar-refractivity contribution < 1.29 is 9.59 Å². The number of carbonyl (C=O) groups is 2. The fraction of sp³-hybridized carbons (Fsp3) is 0.273. The van der Waals surface area contributed by atoms with Crippen LogP contribution < -0.4 is 5.32 Å². The van der Waals surface area contributed by atoms with Gasteiger partial charge in [0.1, 0.15) is 11.5 Å². The highest BCUT2D eigenvalue weighted by Crippen LogP contribution is 2.18. The summed E-state index contributed by atoms with van der Waals surface area (Å²) < 4.78 is 1.50. The minimum Gasteiger partial charge on any atom is -0.305 e. The Morgan fingerprint density at radius 3 is 2.42 bits per heavy atom. The quantitative estimate of drug-likeness (QED) is 0.687. The summed E-state index contributed by atoms with van der Waals surface area (Å²) in [6.45, 7) is 5.90. The van der Waals surface area contributed by atoms with Gasteiger partial charge in [0.05, 0.1) is 12.2 Å². The molecule has 9 heteroatoms. The fourth-order valence-corrected chi connectivity index (χ4v) is 3.38. The maximum absolute atomic E-state index is 12.9. The monoisotopic (exact) mass is 417 g/mol. The van der Waals surface area contributed by atoms with Crippen LogP contribution in [0.5, 0.6) is 0 Å². The molecule has 9 nitrogen and oxygen atoms in total. The molecule has 2 amide bonds. The molecule has 0 unspecified atom stereocenters. The van der Waals surface area contributed by atoms with Crippen LogP contribution in [0.15, 0.2) is 47.6 Å². The van der Waals surface area contributed by atoms with Crippen molar-refractivity contribution in [2.24, 2.45) is 5.10 Å². The average molecular weight is 417 g/mol. The molecule has 0 radical (unpaired) electrons. The van der Waals surface area contributed by atoms with Crippen LogP contribution >= 0.6 is 0 Å². The van der Waals surface area contributed by atoms with Gasteiger partial charge in [-0.25, -0.2) is 15.0 Å². The van der Waals surface area contributed by atoms with Gasteiger partial charge in [0.15, 0.2) is 0 Å². The number of nitrogens with zero attached hydrogens (tertiary/aromatic N) is 6. The molecule has 158 valence electrons. The van der Waals surface area contributed by atoms with E-state index in [2.05, 4.69) is 25.5 Å². The van der Waals surface area contributed by atoms with Crippen molar-refractivity contribution in [1.82, 2.24) is 24.8 Å². The lowest BCUT2D eigenvalue weighted by Gasteiger charge is -2.23. The van der Waals surface area contributed by atoms with E-state index in [9.17, 15) is 9.59 Å². The Hall–Kier alpha value is -3.88. The van der Waals surface area contributed by atoms with Crippen molar-refractivity contribution in [1.29, 1.82) is 0 Å². The van der Waals surface area contributed by atoms with Crippen LogP contribution in [0, 0.1) is 20.8 Å². The van der Waals surface area contributed by atoms with Crippen molar-refractivity contribution in [2.75, 3.05) is 5.32 Å². The number of amides is 2. The first-order valence-corrected chi connectivity index (χ1v) is 10.0. The Morgan fingerprint density at radius 1 is 1.00 bits per heavy atom. The molecular formula is C22H23N7O2. The van der Waals surface area contributed by atoms with E-state index in [1.54, 1.807) is 6.07 Å². The van der Waals surface area contributed by atoms with E-state index < -0.39 is 0 Å². The number of nitrogens with one attached hydrogen (secondary N) is 1. The largest absolute Gasteiger partial charge is 0.305 e. The molecule has 0 bridgehead atoms. The highest BCUT2D eigenvalue weighted by Gasteiger charge is 2.25. The van der Waals surface area contributed by atoms with Crippen molar-refractivity contribution in [3.05, 3.63) is 65.1 Å². The highest BCUT2D eigenvalue weighted by molar-refractivity contribution is 6.43. The van der Waals surface area contributed by atoms with Gasteiger partial charge in [0.25, 0.3) is 11.9 Å². The van der Waals surface area contributed by atoms with Gasteiger partial charge < -0.3 is 5.32 Å². The molecule has 1 aliphatic rings. The summed E-state index contributed by atoms with van der Waals surface area (Å²) in [7, 11) is 0. The standard InChI is InChI=1S/C22H23N7O2/c1-14-11-15(2)24-22(23-14)29-19(12-16(3)26-29)25-21(31)18-9-10-20(30)28(27-18)13-17-7-5-4-6-8-17/h4-8,11-12H,9-10,13H2,1-3H3,(H,25,31). The van der Waals surface area contributed by atoms with Gasteiger partial charge in [0, 0.05) is 30.3 Å². The molecule has 0 spiro atoms. The van der Waals surface area contributed by atoms with Crippen LogP contribution in [0.1, 0.15) is 35.5 Å². The second-order valence-corrected chi connectivity index (χ2v) is 7.47. The van der Waals surface area contributed by atoms with Gasteiger partial charge in [-0.05, 0) is 32.4 Å². The Bertz CT molecular complexity index is 1150. The van der Waals surface area contributed by atoms with E-state index in [0.29, 0.717) is 29.7 Å². The topological polar surface area (TPSA) is 105 Å². The fourth-order valence-electron chi connectivity index (χ4n) is 3.38. The number of rotatable bonds is 5. The first-order chi connectivity index (χ1) is 14.9. The first kappa shape index (κ1) is 20.4. The number of hydrogen-bond acceptors (Lipinski definition) is 6. The maximum Gasteiger partial charge on any atom is 0.273 e. The predicted molar refractivity (Wildman–Crippen MR) is 116 cm³/mol. The zero-order valence-corrected chi connectivity index (χ0v) is 17.7. The Labute approximate surface area is 179 Å². The van der Waals surface area contributed by atoms with E-state index in [1.807, 2.05) is 57.2 Å². The molecule has 1 N–H and O–H groups in total. The Morgan fingerprint density at radius 2 is 1.71 bits per heavy atom. The van der Waals surface area contributed by atoms with E-state index in [1.165, 1.54) is 9.69 Å². The smallest absolute Gasteiger partial charge is 0.273 e. The molecular weight excluding hydrogens is 394 g/mol. The normalized spacial score (nSPS) is 13.8. The van der Waals surface area contributed by atoms with Crippen LogP contribution in [-0.4, -0.2) is 42.3 Å². The first-order valence-electron chi connectivity index (χ1n) is 10.0. The second-order valence-electron chi connectivity index (χ2n) is 7.47. The molecule has 0 atom stereocenters. The van der Waals surface area contributed by atoms with Gasteiger partial charge in [0.2, 0.25) is 5.91 Å². The molecule has 3 heterocycles. The minimum atomic E-state index is -0.379. The molecule has 0 aliphatic carbocycles. The van der Waals surface area contributed by atoms with Crippen LogP contribution in [0.2, 0.25) is 0 Å². The molecule has 4 rings (SSSR count). The molecule has 3 aromatic rings. The van der Waals surface area contributed by atoms with Crippen LogP contribution in [0.3, 0.4) is 0 Å². The molecule has 2 aromatic heterocycles. The third-order valence-electron chi connectivity index (χ3n) is 4.78. The predicted octanol–water partition coefficient (Wildman–Crippen LogP) is 2.70. The number of anilines is 1. The summed E-state index contributed by atoms with van der Waals surface area (Å²) in [6, 6.07) is 13.2. The third-order valence-corrected chi connectivity index (χ3v) is 4.78. The van der Waals surface area contributed by atoms with Gasteiger partial charge in [-0.2, -0.15) is 14.9 Å². The summed E-state index contributed by atoms with van der Waals surface area (Å²) in [4.78, 5) is 34.1. The summed E-state index contributed by atoms with van der Waals surface area (Å²) >= 11 is 0. The number of aromatic nitrogens is 4. The van der Waals surface area contributed by atoms with E-state index in [-0.39, 0.29) is 24.7 Å². The second kappa shape index (κ2) is 8.47. The summed E-state index contributed by atoms with van der Waals surface area (Å²) in [5.74, 6) is 0.343. The van der Waals surface area contributed by atoms with Gasteiger partial charge in [-0.15, -0.1) is 0 Å². The molecule has 0 fully saturated rings. The maximum atomic E-state index is 12.9. The SMILES string of the molecule is Cc1cc(C)nc(-n2nc(C)cc2NC(=O)C2=NN(Cc3ccccc3)C(=O)CC2)n1. The number of hydrogen-bond donors (Lipinski definition) is 1. The minimum absolute atomic E-state index is 0.107. The summed E-state index contributed by atoms with van der Waals surface area (Å²) in [6.07, 6.45) is 0.515. The molecule has 1 aliphatic heterocycles. The van der Waals surface area contributed by atoms with Crippen molar-refractivity contribution in [2.45, 2.75) is 40.2 Å². The zero-order valence-electron chi connectivity index (χ0n) is 17.7. The lowest BCUT2D eigenvalue weighted by Crippen LogP contribution is -2.36. The summed E-state index contributed by atoms with van der Waals surface area (Å²) in [5, 5.41) is 12.9. The lowest BCUT2D eigenvalue weighted by molar-refractivity contribution is -0.132. The van der Waals surface area contributed by atoms with Crippen molar-refractivity contribution >= 4 is 23.3 Å². The molecule has 0 saturated carbocycles. The Kier molecular flexibility index (Phi) is 5.57. The molecule has 1 aromatic carbocycles. The number of carbonyl (C=O) groups excluding carboxylic acids is 2. The average Bonchev–Trinajstić information content (AvgIpc) is 3.09. The number of hydrazone groups is 1. The lowest BCUT2D eigenvalue weighted by atomic mass is 10.1. The Balaban J connectivity index is 1.57. The molecule has 31 heavy (non-hydrogen) atoms. The highest BCUT2D eigenvalue weighted by atomic mass is 16.2. The van der Waals surface area contributed by atoms with Crippen LogP contribution in [0.4, 0.5) is 5.82 Å². The third kappa shape index (κ3) is 4.66. The zero-order chi connectivity index (χ0) is 22.0. The van der Waals surface area contributed by atoms with Crippen LogP contribution in [-0.2, 0) is 16.1 Å². The van der Waals surface area contributed by atoms with E-state index in [0.717, 1.165) is 17.0 Å². The van der Waals surface area contributed by atoms with E-state index >= 15 is 0 Å².